The first kappa shape index (κ1) is 24.1. The van der Waals surface area contributed by atoms with E-state index in [-0.39, 0.29) is 35.9 Å². The van der Waals surface area contributed by atoms with Crippen molar-refractivity contribution in [2.75, 3.05) is 19.6 Å². The molecule has 0 aromatic heterocycles. The Morgan fingerprint density at radius 2 is 1.94 bits per heavy atom. The van der Waals surface area contributed by atoms with Gasteiger partial charge in [-0.1, -0.05) is 18.9 Å². The maximum absolute atomic E-state index is 12.7. The number of benzene rings is 1. The van der Waals surface area contributed by atoms with Gasteiger partial charge in [0, 0.05) is 37.2 Å². The third-order valence-electron chi connectivity index (χ3n) is 6.91. The fourth-order valence-electron chi connectivity index (χ4n) is 5.25. The summed E-state index contributed by atoms with van der Waals surface area (Å²) >= 11 is 0. The number of phenols is 1. The third kappa shape index (κ3) is 5.84. The van der Waals surface area contributed by atoms with Crippen molar-refractivity contribution in [3.8, 4) is 5.75 Å². The van der Waals surface area contributed by atoms with Crippen LogP contribution in [0, 0.1) is 5.92 Å². The van der Waals surface area contributed by atoms with E-state index in [1.807, 2.05) is 11.0 Å². The van der Waals surface area contributed by atoms with Crippen molar-refractivity contribution in [3.63, 3.8) is 0 Å². The first-order chi connectivity index (χ1) is 14.7. The smallest absolute Gasteiger partial charge is 0.225 e. The van der Waals surface area contributed by atoms with Crippen LogP contribution in [-0.4, -0.2) is 47.5 Å². The molecular weight excluding hydrogens is 503 g/mol. The number of rotatable bonds is 5. The number of carbonyl (C=O) groups excluding carboxylic acids is 1. The zero-order valence-electron chi connectivity index (χ0n) is 18.7. The molecule has 2 fully saturated rings. The van der Waals surface area contributed by atoms with Gasteiger partial charge in [0.1, 0.15) is 5.75 Å². The summed E-state index contributed by atoms with van der Waals surface area (Å²) < 4.78 is 0. The predicted octanol–water partition coefficient (Wildman–Crippen LogP) is 3.74. The zero-order valence-corrected chi connectivity index (χ0v) is 21.0. The predicted molar refractivity (Wildman–Crippen MR) is 135 cm³/mol. The van der Waals surface area contributed by atoms with E-state index in [1.54, 1.807) is 0 Å². The second-order valence-corrected chi connectivity index (χ2v) is 9.00. The van der Waals surface area contributed by atoms with Crippen LogP contribution in [0.25, 0.3) is 0 Å². The van der Waals surface area contributed by atoms with Gasteiger partial charge in [-0.3, -0.25) is 4.79 Å². The summed E-state index contributed by atoms with van der Waals surface area (Å²) in [7, 11) is 0. The Morgan fingerprint density at radius 1 is 1.16 bits per heavy atom. The number of halogens is 1. The summed E-state index contributed by atoms with van der Waals surface area (Å²) in [5.74, 6) is 1.72. The Labute approximate surface area is 203 Å². The number of aryl methyl sites for hydroxylation is 1. The number of aliphatic imine (C=N–C) groups is 1. The van der Waals surface area contributed by atoms with Crippen molar-refractivity contribution in [1.29, 1.82) is 0 Å². The van der Waals surface area contributed by atoms with E-state index in [0.717, 1.165) is 63.3 Å². The molecule has 6 nitrogen and oxygen atoms in total. The van der Waals surface area contributed by atoms with E-state index < -0.39 is 0 Å². The van der Waals surface area contributed by atoms with Crippen LogP contribution in [0.3, 0.4) is 0 Å². The monoisotopic (exact) mass is 540 g/mol. The lowest BCUT2D eigenvalue weighted by Gasteiger charge is -2.22. The van der Waals surface area contributed by atoms with Crippen molar-refractivity contribution in [1.82, 2.24) is 15.5 Å². The van der Waals surface area contributed by atoms with E-state index in [2.05, 4.69) is 23.6 Å². The third-order valence-corrected chi connectivity index (χ3v) is 6.91. The summed E-state index contributed by atoms with van der Waals surface area (Å²) in [4.78, 5) is 19.5. The number of aromatic hydroxyl groups is 1. The summed E-state index contributed by atoms with van der Waals surface area (Å²) in [6, 6.07) is 4.11. The van der Waals surface area contributed by atoms with Gasteiger partial charge >= 0.3 is 0 Å². The molecule has 1 aromatic rings. The van der Waals surface area contributed by atoms with Crippen LogP contribution >= 0.6 is 24.0 Å². The Hall–Kier alpha value is -1.51. The van der Waals surface area contributed by atoms with Gasteiger partial charge in [-0.05, 0) is 69.1 Å². The summed E-state index contributed by atoms with van der Waals surface area (Å²) in [6.07, 6.45) is 9.98. The molecule has 7 heteroatoms. The van der Waals surface area contributed by atoms with E-state index in [1.165, 1.54) is 36.8 Å². The number of nitrogens with zero attached hydrogens (tertiary/aromatic N) is 2. The average Bonchev–Trinajstić information content (AvgIpc) is 3.45. The lowest BCUT2D eigenvalue weighted by molar-refractivity contribution is -0.134. The second kappa shape index (κ2) is 11.4. The van der Waals surface area contributed by atoms with Crippen molar-refractivity contribution < 1.29 is 9.90 Å². The number of fused-ring (bicyclic) bond motifs is 1. The molecule has 1 aliphatic heterocycles. The van der Waals surface area contributed by atoms with Crippen molar-refractivity contribution >= 4 is 35.8 Å². The van der Waals surface area contributed by atoms with Crippen molar-refractivity contribution in [2.45, 2.75) is 77.3 Å². The molecule has 2 aliphatic carbocycles. The van der Waals surface area contributed by atoms with Gasteiger partial charge < -0.3 is 20.6 Å². The first-order valence-corrected chi connectivity index (χ1v) is 11.8. The number of hydrogen-bond acceptors (Lipinski definition) is 3. The highest BCUT2D eigenvalue weighted by Crippen LogP contribution is 2.31. The quantitative estimate of drug-likeness (QED) is 0.302. The van der Waals surface area contributed by atoms with Crippen molar-refractivity contribution in [2.24, 2.45) is 10.9 Å². The van der Waals surface area contributed by atoms with E-state index in [9.17, 15) is 9.90 Å². The number of phenolic OH excluding ortho intramolecular Hbond substituents is 1. The number of guanidine groups is 1. The molecule has 3 N–H and O–H groups in total. The summed E-state index contributed by atoms with van der Waals surface area (Å²) in [6.45, 7) is 4.90. The molecule has 1 aromatic carbocycles. The molecule has 0 bridgehead atoms. The molecule has 31 heavy (non-hydrogen) atoms. The van der Waals surface area contributed by atoms with E-state index in [0.29, 0.717) is 18.2 Å². The minimum Gasteiger partial charge on any atom is -0.508 e. The molecule has 1 saturated heterocycles. The molecule has 1 unspecified atom stereocenters. The van der Waals surface area contributed by atoms with Gasteiger partial charge in [0.2, 0.25) is 5.91 Å². The number of nitrogens with one attached hydrogen (secondary N) is 2. The maximum atomic E-state index is 12.7. The van der Waals surface area contributed by atoms with Gasteiger partial charge in [-0.25, -0.2) is 4.99 Å². The number of hydrogen-bond donors (Lipinski definition) is 3. The number of likely N-dealkylation sites (tertiary alicyclic amines) is 1. The van der Waals surface area contributed by atoms with E-state index in [4.69, 9.17) is 4.99 Å². The zero-order chi connectivity index (χ0) is 20.9. The van der Waals surface area contributed by atoms with Crippen LogP contribution in [0.15, 0.2) is 17.1 Å². The van der Waals surface area contributed by atoms with Crippen LogP contribution in [0.1, 0.15) is 68.6 Å². The lowest BCUT2D eigenvalue weighted by atomic mass is 9.88. The molecule has 1 saturated carbocycles. The standard InChI is InChI=1S/C24H36N4O2.HI/c1-2-25-24(26-15-21-20-10-6-5-7-17(20)11-12-22(21)29)27-19-13-14-28(16-19)23(30)18-8-3-4-9-18;/h11-12,18-19,29H,2-10,13-16H2,1H3,(H2,25,26,27);1H. The van der Waals surface area contributed by atoms with Crippen LogP contribution in [0.4, 0.5) is 0 Å². The van der Waals surface area contributed by atoms with E-state index >= 15 is 0 Å². The molecular formula is C24H37IN4O2. The Bertz CT molecular complexity index is 792. The Balaban J connectivity index is 0.00000272. The van der Waals surface area contributed by atoms with Gasteiger partial charge in [0.15, 0.2) is 5.96 Å². The minimum absolute atomic E-state index is 0. The number of carbonyl (C=O) groups is 1. The fourth-order valence-corrected chi connectivity index (χ4v) is 5.25. The molecule has 172 valence electrons. The summed E-state index contributed by atoms with van der Waals surface area (Å²) in [5, 5.41) is 17.3. The van der Waals surface area contributed by atoms with Gasteiger partial charge in [0.05, 0.1) is 6.54 Å². The topological polar surface area (TPSA) is 77.0 Å². The Morgan fingerprint density at radius 3 is 2.71 bits per heavy atom. The molecule has 0 radical (unpaired) electrons. The number of amides is 1. The highest BCUT2D eigenvalue weighted by molar-refractivity contribution is 14.0. The first-order valence-electron chi connectivity index (χ1n) is 11.8. The molecule has 4 rings (SSSR count). The van der Waals surface area contributed by atoms with Crippen LogP contribution in [-0.2, 0) is 24.2 Å². The lowest BCUT2D eigenvalue weighted by Crippen LogP contribution is -2.45. The normalized spacial score (nSPS) is 21.5. The molecule has 1 heterocycles. The van der Waals surface area contributed by atoms with Gasteiger partial charge in [0.25, 0.3) is 0 Å². The Kier molecular flexibility index (Phi) is 8.86. The molecule has 3 aliphatic rings. The average molecular weight is 540 g/mol. The highest BCUT2D eigenvalue weighted by atomic mass is 127. The van der Waals surface area contributed by atoms with Crippen molar-refractivity contribution in [3.05, 3.63) is 28.8 Å². The van der Waals surface area contributed by atoms with Crippen LogP contribution in [0.5, 0.6) is 5.75 Å². The van der Waals surface area contributed by atoms with Gasteiger partial charge in [-0.15, -0.1) is 24.0 Å². The molecule has 0 spiro atoms. The highest BCUT2D eigenvalue weighted by Gasteiger charge is 2.32. The minimum atomic E-state index is 0. The second-order valence-electron chi connectivity index (χ2n) is 9.00. The van der Waals surface area contributed by atoms with Gasteiger partial charge in [-0.2, -0.15) is 0 Å². The molecule has 1 amide bonds. The molecule has 1 atom stereocenters. The fraction of sp³-hybridized carbons (Fsp3) is 0.667. The maximum Gasteiger partial charge on any atom is 0.225 e. The summed E-state index contributed by atoms with van der Waals surface area (Å²) in [5.41, 5.74) is 3.61. The van der Waals surface area contributed by atoms with Crippen LogP contribution < -0.4 is 10.6 Å². The largest absolute Gasteiger partial charge is 0.508 e. The van der Waals surface area contributed by atoms with Crippen LogP contribution in [0.2, 0.25) is 0 Å². The SMILES string of the molecule is CCNC(=NCc1c(O)ccc2c1CCCC2)NC1CCN(C(=O)C2CCCC2)C1.I.